The molecule has 138 valence electrons. The van der Waals surface area contributed by atoms with E-state index in [1.165, 1.54) is 0 Å². The largest absolute Gasteiger partial charge is 0.270 e. The summed E-state index contributed by atoms with van der Waals surface area (Å²) in [5, 5.41) is 14.7. The van der Waals surface area contributed by atoms with E-state index in [2.05, 4.69) is 12.1 Å². The molecule has 0 N–H and O–H groups in total. The molecule has 0 aliphatic carbocycles. The molecule has 2 heterocycles. The first-order valence-electron chi connectivity index (χ1n) is 8.94. The smallest absolute Gasteiger partial charge is 0.258 e. The maximum absolute atomic E-state index is 11.4. The number of para-hydroxylation sites is 2. The van der Waals surface area contributed by atoms with Crippen molar-refractivity contribution in [2.75, 3.05) is 0 Å². The number of fused-ring (bicyclic) bond motifs is 8. The Hall–Kier alpha value is -3.16. The number of hydrogen-bond donors (Lipinski definition) is 0. The minimum atomic E-state index is -0.365. The highest BCUT2D eigenvalue weighted by atomic mass is 32.2. The van der Waals surface area contributed by atoms with Gasteiger partial charge in [0.1, 0.15) is 0 Å². The second kappa shape index (κ2) is 6.17. The highest BCUT2D eigenvalue weighted by molar-refractivity contribution is 8.02. The third-order valence-corrected chi connectivity index (χ3v) is 7.44. The van der Waals surface area contributed by atoms with E-state index in [0.29, 0.717) is 0 Å². The van der Waals surface area contributed by atoms with Crippen molar-refractivity contribution in [2.45, 2.75) is 19.6 Å². The van der Waals surface area contributed by atoms with Gasteiger partial charge in [0.05, 0.1) is 36.8 Å². The maximum Gasteiger partial charge on any atom is 0.270 e. The molecule has 5 nitrogen and oxygen atoms in total. The van der Waals surface area contributed by atoms with Gasteiger partial charge in [-0.1, -0.05) is 47.8 Å². The molecule has 0 saturated carbocycles. The van der Waals surface area contributed by atoms with Crippen LogP contribution < -0.4 is 10.7 Å². The molecule has 2 aliphatic heterocycles. The van der Waals surface area contributed by atoms with Crippen molar-refractivity contribution in [3.05, 3.63) is 87.6 Å². The van der Waals surface area contributed by atoms with Crippen LogP contribution in [0.2, 0.25) is 0 Å². The molecule has 0 atom stereocenters. The molecular weight excluding hydrogens is 402 g/mol. The van der Waals surface area contributed by atoms with E-state index in [1.54, 1.807) is 41.7 Å². The summed E-state index contributed by atoms with van der Waals surface area (Å²) in [7, 11) is 0. The Kier molecular flexibility index (Phi) is 3.57. The van der Waals surface area contributed by atoms with Crippen molar-refractivity contribution in [1.82, 2.24) is 0 Å². The van der Waals surface area contributed by atoms with E-state index in [9.17, 15) is 10.1 Å². The van der Waals surface area contributed by atoms with E-state index in [4.69, 9.17) is 9.98 Å². The Balaban J connectivity index is 1.80. The molecule has 0 unspecified atom stereocenters. The summed E-state index contributed by atoms with van der Waals surface area (Å²) in [5.41, 5.74) is 1.86. The molecule has 0 bridgehead atoms. The zero-order valence-electron chi connectivity index (χ0n) is 14.8. The van der Waals surface area contributed by atoms with E-state index in [-0.39, 0.29) is 10.6 Å². The van der Waals surface area contributed by atoms with Gasteiger partial charge in [-0.05, 0) is 30.3 Å². The van der Waals surface area contributed by atoms with E-state index in [1.807, 2.05) is 36.4 Å². The predicted molar refractivity (Wildman–Crippen MR) is 113 cm³/mol. The molecule has 0 spiro atoms. The number of rotatable bonds is 1. The average Bonchev–Trinajstić information content (AvgIpc) is 2.76. The molecule has 29 heavy (non-hydrogen) atoms. The van der Waals surface area contributed by atoms with Crippen molar-refractivity contribution >= 4 is 51.4 Å². The van der Waals surface area contributed by atoms with Crippen molar-refractivity contribution in [3.8, 4) is 0 Å². The average molecular weight is 413 g/mol. The Bertz CT molecular complexity index is 1500. The van der Waals surface area contributed by atoms with Crippen LogP contribution in [-0.4, -0.2) is 4.92 Å². The zero-order valence-corrected chi connectivity index (χ0v) is 16.5. The first-order valence-corrected chi connectivity index (χ1v) is 10.6. The highest BCUT2D eigenvalue weighted by Crippen LogP contribution is 2.45. The normalized spacial score (nSPS) is 13.4. The monoisotopic (exact) mass is 413 g/mol. The lowest BCUT2D eigenvalue weighted by Crippen LogP contribution is -2.21. The third kappa shape index (κ3) is 2.51. The van der Waals surface area contributed by atoms with Gasteiger partial charge < -0.3 is 0 Å². The van der Waals surface area contributed by atoms with Crippen LogP contribution in [0.4, 0.5) is 17.1 Å². The maximum atomic E-state index is 11.4. The van der Waals surface area contributed by atoms with Crippen molar-refractivity contribution in [3.63, 3.8) is 0 Å². The lowest BCUT2D eigenvalue weighted by molar-refractivity contribution is -0.384. The summed E-state index contributed by atoms with van der Waals surface area (Å²) in [6, 6.07) is 21.0. The summed E-state index contributed by atoms with van der Waals surface area (Å²) in [5.74, 6) is 0. The van der Waals surface area contributed by atoms with Crippen LogP contribution in [0.15, 0.2) is 96.3 Å². The van der Waals surface area contributed by atoms with E-state index < -0.39 is 0 Å². The van der Waals surface area contributed by atoms with E-state index in [0.717, 1.165) is 52.4 Å². The van der Waals surface area contributed by atoms with Gasteiger partial charge in [0.15, 0.2) is 0 Å². The van der Waals surface area contributed by atoms with Crippen LogP contribution in [0, 0.1) is 10.1 Å². The minimum absolute atomic E-state index is 0.0579. The first-order chi connectivity index (χ1) is 14.2. The number of nitro groups is 1. The molecule has 0 amide bonds. The van der Waals surface area contributed by atoms with E-state index >= 15 is 0 Å². The topological polar surface area (TPSA) is 67.9 Å². The molecule has 7 heteroatoms. The lowest BCUT2D eigenvalue weighted by Gasteiger charge is -2.20. The van der Waals surface area contributed by atoms with Gasteiger partial charge >= 0.3 is 0 Å². The SMILES string of the molecule is O=[N+]([O-])c1ccc2c3c(c4c(c2c1)=Nc1ccccc1S4)Sc1ccccc1N=3. The zero-order chi connectivity index (χ0) is 19.5. The summed E-state index contributed by atoms with van der Waals surface area (Å²) < 4.78 is 0. The number of non-ortho nitro benzene ring substituents is 1. The van der Waals surface area contributed by atoms with Crippen LogP contribution in [-0.2, 0) is 0 Å². The van der Waals surface area contributed by atoms with Gasteiger partial charge in [0.25, 0.3) is 5.69 Å². The minimum Gasteiger partial charge on any atom is -0.258 e. The fourth-order valence-electron chi connectivity index (χ4n) is 3.65. The highest BCUT2D eigenvalue weighted by Gasteiger charge is 2.24. The van der Waals surface area contributed by atoms with Crippen molar-refractivity contribution in [1.29, 1.82) is 0 Å². The third-order valence-electron chi connectivity index (χ3n) is 4.98. The summed E-state index contributed by atoms with van der Waals surface area (Å²) in [4.78, 5) is 25.1. The number of benzene rings is 4. The number of nitro benzene ring substituents is 1. The molecule has 2 aliphatic rings. The van der Waals surface area contributed by atoms with Crippen molar-refractivity contribution < 1.29 is 4.92 Å². The second-order valence-electron chi connectivity index (χ2n) is 6.71. The van der Waals surface area contributed by atoms with Gasteiger partial charge in [-0.25, -0.2) is 9.98 Å². The summed E-state index contributed by atoms with van der Waals surface area (Å²) >= 11 is 3.35. The van der Waals surface area contributed by atoms with Gasteiger partial charge in [0.2, 0.25) is 0 Å². The summed E-state index contributed by atoms with van der Waals surface area (Å²) in [6.07, 6.45) is 0. The van der Waals surface area contributed by atoms with Crippen molar-refractivity contribution in [2.24, 2.45) is 9.98 Å². The van der Waals surface area contributed by atoms with Gasteiger partial charge in [0, 0.05) is 32.7 Å². The standard InChI is InChI=1S/C22H11N3O2S2/c26-25(27)12-9-10-13-14(11-12)20-22(29-18-8-4-2-6-16(18)24-20)21-19(13)23-15-5-1-3-7-17(15)28-21/h1-11H. The Morgan fingerprint density at radius 1 is 0.724 bits per heavy atom. The molecule has 4 aromatic carbocycles. The molecule has 0 saturated heterocycles. The quantitative estimate of drug-likeness (QED) is 0.261. The second-order valence-corrected chi connectivity index (χ2v) is 8.81. The van der Waals surface area contributed by atoms with Gasteiger partial charge in [-0.3, -0.25) is 10.1 Å². The Morgan fingerprint density at radius 2 is 1.28 bits per heavy atom. The molecule has 0 fully saturated rings. The van der Waals surface area contributed by atoms with Gasteiger partial charge in [-0.15, -0.1) is 0 Å². The van der Waals surface area contributed by atoms with Crippen LogP contribution in [0.3, 0.4) is 0 Å². The predicted octanol–water partition coefficient (Wildman–Crippen LogP) is 5.58. The molecular formula is C22H11N3O2S2. The number of nitrogens with zero attached hydrogens (tertiary/aromatic N) is 3. The molecule has 6 rings (SSSR count). The number of hydrogen-bond acceptors (Lipinski definition) is 6. The Labute approximate surface area is 173 Å². The fourth-order valence-corrected chi connectivity index (χ4v) is 5.95. The summed E-state index contributed by atoms with van der Waals surface area (Å²) in [6.45, 7) is 0. The van der Waals surface area contributed by atoms with Gasteiger partial charge in [-0.2, -0.15) is 0 Å². The van der Waals surface area contributed by atoms with Crippen LogP contribution >= 0.6 is 23.5 Å². The van der Waals surface area contributed by atoms with Crippen LogP contribution in [0.25, 0.3) is 10.8 Å². The van der Waals surface area contributed by atoms with Crippen LogP contribution in [0.1, 0.15) is 0 Å². The van der Waals surface area contributed by atoms with Crippen LogP contribution in [0.5, 0.6) is 0 Å². The molecule has 4 aromatic rings. The Morgan fingerprint density at radius 3 is 1.86 bits per heavy atom. The molecule has 0 aromatic heterocycles. The first kappa shape index (κ1) is 16.8. The lowest BCUT2D eigenvalue weighted by atomic mass is 10.1. The fraction of sp³-hybridized carbons (Fsp3) is 0. The molecule has 0 radical (unpaired) electrons.